The summed E-state index contributed by atoms with van der Waals surface area (Å²) in [4.78, 5) is 33.9. The van der Waals surface area contributed by atoms with Crippen LogP contribution in [0, 0.1) is 0 Å². The van der Waals surface area contributed by atoms with Gasteiger partial charge < -0.3 is 9.68 Å². The van der Waals surface area contributed by atoms with E-state index in [9.17, 15) is 35.9 Å². The number of alkyl halides is 6. The molecule has 172 valence electrons. The van der Waals surface area contributed by atoms with Crippen LogP contribution in [0.5, 0.6) is 0 Å². The zero-order valence-electron chi connectivity index (χ0n) is 15.8. The molecule has 0 saturated heterocycles. The zero-order chi connectivity index (χ0) is 24.0. The lowest BCUT2D eigenvalue weighted by molar-refractivity contribution is -0.170. The third kappa shape index (κ3) is 4.39. The van der Waals surface area contributed by atoms with Crippen molar-refractivity contribution in [2.45, 2.75) is 18.8 Å². The van der Waals surface area contributed by atoms with Gasteiger partial charge in [0.25, 0.3) is 0 Å². The molecule has 3 aromatic rings. The molecule has 10 nitrogen and oxygen atoms in total. The van der Waals surface area contributed by atoms with Gasteiger partial charge in [-0.15, -0.1) is 10.2 Å². The van der Waals surface area contributed by atoms with Crippen LogP contribution in [0.25, 0.3) is 17.1 Å². The second kappa shape index (κ2) is 7.72. The van der Waals surface area contributed by atoms with Gasteiger partial charge in [0.2, 0.25) is 0 Å². The maximum absolute atomic E-state index is 13.0. The van der Waals surface area contributed by atoms with Gasteiger partial charge in [-0.25, -0.2) is 9.59 Å². The number of carbonyl (C=O) groups excluding carboxylic acids is 2. The van der Waals surface area contributed by atoms with Gasteiger partial charge in [-0.05, 0) is 34.7 Å². The van der Waals surface area contributed by atoms with Gasteiger partial charge in [-0.1, -0.05) is 21.8 Å². The van der Waals surface area contributed by atoms with Crippen molar-refractivity contribution in [3.05, 3.63) is 52.9 Å². The van der Waals surface area contributed by atoms with E-state index in [4.69, 9.17) is 0 Å². The Balaban J connectivity index is 1.55. The van der Waals surface area contributed by atoms with Gasteiger partial charge >= 0.3 is 24.3 Å². The van der Waals surface area contributed by atoms with E-state index < -0.39 is 35.4 Å². The number of hydrogen-bond donors (Lipinski definition) is 0. The van der Waals surface area contributed by atoms with E-state index >= 15 is 0 Å². The maximum Gasteiger partial charge on any atom is 0.445 e. The number of allylic oxidation sites excluding steroid dienone is 3. The highest BCUT2D eigenvalue weighted by atomic mass is 19.4. The Morgan fingerprint density at radius 1 is 0.909 bits per heavy atom. The maximum atomic E-state index is 13.0. The molecule has 0 unspecified atom stereocenters. The molecular formula is C17H8F6N6O4. The molecular weight excluding hydrogens is 466 g/mol. The van der Waals surface area contributed by atoms with Gasteiger partial charge in [0.05, 0.1) is 16.8 Å². The minimum atomic E-state index is -4.72. The lowest BCUT2D eigenvalue weighted by Gasteiger charge is -2.08. The van der Waals surface area contributed by atoms with Crippen LogP contribution in [0.1, 0.15) is 17.0 Å². The number of halogens is 6. The van der Waals surface area contributed by atoms with Crippen LogP contribution >= 0.6 is 0 Å². The van der Waals surface area contributed by atoms with E-state index in [-0.39, 0.29) is 33.7 Å². The standard InChI is InChI=1S/C17H8F6N6O4/c18-16(19,20)8-2-1-3-10-12(6-8)28(26-24-10)32-14(30)15(31)33-29-13-7-9(17(21,22)23)4-5-11(13)25-27-29/h1-2,4-7H,3H2. The SMILES string of the molecule is O=C(On1nnc2c1C=C(C(F)(F)F)C=CC2)C(=O)On1nnc2ccc(C(F)(F)F)cc21. The zero-order valence-corrected chi connectivity index (χ0v) is 15.8. The number of nitrogens with zero attached hydrogens (tertiary/aromatic N) is 6. The van der Waals surface area contributed by atoms with Crippen molar-refractivity contribution in [2.24, 2.45) is 0 Å². The van der Waals surface area contributed by atoms with Crippen LogP contribution in [0.15, 0.2) is 35.9 Å². The van der Waals surface area contributed by atoms with Gasteiger partial charge in [-0.3, -0.25) is 0 Å². The largest absolute Gasteiger partial charge is 0.445 e. The summed E-state index contributed by atoms with van der Waals surface area (Å²) in [5, 5.41) is 13.8. The van der Waals surface area contributed by atoms with Crippen molar-refractivity contribution < 1.29 is 45.6 Å². The highest BCUT2D eigenvalue weighted by Gasteiger charge is 2.34. The molecule has 1 aliphatic carbocycles. The third-order valence-corrected chi connectivity index (χ3v) is 4.22. The second-order valence-electron chi connectivity index (χ2n) is 6.42. The molecule has 0 bridgehead atoms. The smallest absolute Gasteiger partial charge is 0.305 e. The summed E-state index contributed by atoms with van der Waals surface area (Å²) in [5.74, 6) is -3.53. The number of hydrogen-bond acceptors (Lipinski definition) is 8. The molecule has 0 amide bonds. The van der Waals surface area contributed by atoms with Crippen LogP contribution < -0.4 is 9.68 Å². The van der Waals surface area contributed by atoms with Crippen molar-refractivity contribution in [3.63, 3.8) is 0 Å². The molecule has 1 aromatic carbocycles. The summed E-state index contributed by atoms with van der Waals surface area (Å²) in [5.41, 5.74) is -2.98. The van der Waals surface area contributed by atoms with E-state index in [1.807, 2.05) is 0 Å². The number of rotatable bonds is 2. The van der Waals surface area contributed by atoms with Crippen molar-refractivity contribution in [1.29, 1.82) is 0 Å². The van der Waals surface area contributed by atoms with Crippen LogP contribution in [0.4, 0.5) is 26.3 Å². The summed E-state index contributed by atoms with van der Waals surface area (Å²) in [6.07, 6.45) is -6.92. The fourth-order valence-corrected chi connectivity index (χ4v) is 2.70. The molecule has 2 heterocycles. The van der Waals surface area contributed by atoms with E-state index in [2.05, 4.69) is 30.3 Å². The number of benzene rings is 1. The van der Waals surface area contributed by atoms with Gasteiger partial charge in [0, 0.05) is 6.42 Å². The highest BCUT2D eigenvalue weighted by Crippen LogP contribution is 2.31. The summed E-state index contributed by atoms with van der Waals surface area (Å²) in [7, 11) is 0. The fraction of sp³-hybridized carbons (Fsp3) is 0.176. The predicted molar refractivity (Wildman–Crippen MR) is 92.6 cm³/mol. The Bertz CT molecular complexity index is 1320. The lowest BCUT2D eigenvalue weighted by Crippen LogP contribution is -2.35. The molecule has 0 radical (unpaired) electrons. The van der Waals surface area contributed by atoms with E-state index in [0.717, 1.165) is 18.2 Å². The first-order valence-corrected chi connectivity index (χ1v) is 8.71. The Hall–Kier alpha value is -4.24. The molecule has 1 aliphatic rings. The summed E-state index contributed by atoms with van der Waals surface area (Å²) >= 11 is 0. The first-order valence-electron chi connectivity index (χ1n) is 8.71. The summed E-state index contributed by atoms with van der Waals surface area (Å²) < 4.78 is 77.8. The predicted octanol–water partition coefficient (Wildman–Crippen LogP) is 1.71. The van der Waals surface area contributed by atoms with Crippen molar-refractivity contribution in [2.75, 3.05) is 0 Å². The van der Waals surface area contributed by atoms with Crippen LogP contribution in [-0.4, -0.2) is 48.4 Å². The summed E-state index contributed by atoms with van der Waals surface area (Å²) in [6, 6.07) is 2.28. The van der Waals surface area contributed by atoms with Crippen molar-refractivity contribution in [3.8, 4) is 0 Å². The van der Waals surface area contributed by atoms with Crippen molar-refractivity contribution in [1.82, 2.24) is 30.3 Å². The number of carbonyl (C=O) groups is 2. The Morgan fingerprint density at radius 2 is 1.58 bits per heavy atom. The van der Waals surface area contributed by atoms with Gasteiger partial charge in [0.1, 0.15) is 16.7 Å². The molecule has 0 aliphatic heterocycles. The molecule has 0 N–H and O–H groups in total. The minimum Gasteiger partial charge on any atom is -0.305 e. The van der Waals surface area contributed by atoms with Crippen molar-refractivity contribution >= 4 is 29.0 Å². The first-order chi connectivity index (χ1) is 15.4. The van der Waals surface area contributed by atoms with Crippen LogP contribution in [-0.2, 0) is 22.2 Å². The number of aromatic nitrogens is 6. The molecule has 0 fully saturated rings. The molecule has 0 spiro atoms. The summed E-state index contributed by atoms with van der Waals surface area (Å²) in [6.45, 7) is 0. The monoisotopic (exact) mass is 474 g/mol. The van der Waals surface area contributed by atoms with Gasteiger partial charge in [0.15, 0.2) is 0 Å². The minimum absolute atomic E-state index is 0.0219. The molecule has 0 atom stereocenters. The molecule has 33 heavy (non-hydrogen) atoms. The first kappa shape index (κ1) is 22.0. The Kier molecular flexibility index (Phi) is 5.14. The second-order valence-corrected chi connectivity index (χ2v) is 6.42. The van der Waals surface area contributed by atoms with Gasteiger partial charge in [-0.2, -0.15) is 26.3 Å². The molecule has 0 saturated carbocycles. The topological polar surface area (TPSA) is 114 Å². The van der Waals surface area contributed by atoms with E-state index in [1.54, 1.807) is 0 Å². The highest BCUT2D eigenvalue weighted by molar-refractivity contribution is 6.30. The van der Waals surface area contributed by atoms with E-state index in [1.165, 1.54) is 6.08 Å². The van der Waals surface area contributed by atoms with Crippen LogP contribution in [0.2, 0.25) is 0 Å². The average Bonchev–Trinajstić information content (AvgIpc) is 3.21. The average molecular weight is 474 g/mol. The molecule has 4 rings (SSSR count). The third-order valence-electron chi connectivity index (χ3n) is 4.22. The Labute approximate surface area is 177 Å². The van der Waals surface area contributed by atoms with Crippen LogP contribution in [0.3, 0.4) is 0 Å². The number of fused-ring (bicyclic) bond motifs is 2. The Morgan fingerprint density at radius 3 is 2.24 bits per heavy atom. The van der Waals surface area contributed by atoms with E-state index in [0.29, 0.717) is 17.0 Å². The quantitative estimate of drug-likeness (QED) is 0.313. The normalized spacial score (nSPS) is 13.9. The fourth-order valence-electron chi connectivity index (χ4n) is 2.70. The lowest BCUT2D eigenvalue weighted by atomic mass is 10.2. The molecule has 16 heteroatoms. The molecule has 2 aromatic heterocycles.